The fraction of sp³-hybridized carbons (Fsp3) is 0.333. The van der Waals surface area contributed by atoms with E-state index in [9.17, 15) is 9.59 Å². The third-order valence-corrected chi connectivity index (χ3v) is 2.18. The first-order chi connectivity index (χ1) is 7.59. The van der Waals surface area contributed by atoms with Crippen LogP contribution in [0, 0.1) is 0 Å². The predicted molar refractivity (Wildman–Crippen MR) is 61.6 cm³/mol. The Labute approximate surface area is 95.3 Å². The Morgan fingerprint density at radius 2 is 1.88 bits per heavy atom. The molecule has 1 rings (SSSR count). The van der Waals surface area contributed by atoms with Gasteiger partial charge in [-0.15, -0.1) is 0 Å². The molecule has 0 aromatic heterocycles. The van der Waals surface area contributed by atoms with E-state index in [1.165, 1.54) is 6.92 Å². The highest BCUT2D eigenvalue weighted by molar-refractivity contribution is 5.83. The molecule has 1 aromatic carbocycles. The molecule has 0 bridgehead atoms. The molecule has 1 N–H and O–H groups in total. The number of benzene rings is 1. The summed E-state index contributed by atoms with van der Waals surface area (Å²) in [6, 6.07) is 9.72. The van der Waals surface area contributed by atoms with Crippen LogP contribution in [0.4, 0.5) is 0 Å². The van der Waals surface area contributed by atoms with Gasteiger partial charge in [0.1, 0.15) is 0 Å². The summed E-state index contributed by atoms with van der Waals surface area (Å²) in [4.78, 5) is 23.8. The minimum atomic E-state index is -0.193. The fourth-order valence-corrected chi connectivity index (χ4v) is 1.28. The van der Waals surface area contributed by atoms with Gasteiger partial charge in [0.2, 0.25) is 11.8 Å². The summed E-state index contributed by atoms with van der Waals surface area (Å²) < 4.78 is 0. The normalized spacial score (nSPS) is 9.62. The van der Waals surface area contributed by atoms with E-state index < -0.39 is 0 Å². The average Bonchev–Trinajstić information content (AvgIpc) is 2.27. The lowest BCUT2D eigenvalue weighted by Crippen LogP contribution is -2.36. The van der Waals surface area contributed by atoms with E-state index in [-0.39, 0.29) is 18.4 Å². The lowest BCUT2D eigenvalue weighted by molar-refractivity contribution is -0.131. The molecule has 16 heavy (non-hydrogen) atoms. The van der Waals surface area contributed by atoms with Crippen molar-refractivity contribution in [3.05, 3.63) is 35.9 Å². The number of nitrogens with zero attached hydrogens (tertiary/aromatic N) is 1. The van der Waals surface area contributed by atoms with Crippen LogP contribution in [0.5, 0.6) is 0 Å². The first-order valence-corrected chi connectivity index (χ1v) is 5.12. The second-order valence-electron chi connectivity index (χ2n) is 3.65. The van der Waals surface area contributed by atoms with Crippen molar-refractivity contribution in [1.82, 2.24) is 10.2 Å². The summed E-state index contributed by atoms with van der Waals surface area (Å²) in [5, 5.41) is 2.48. The van der Waals surface area contributed by atoms with Gasteiger partial charge in [0.05, 0.1) is 6.54 Å². The van der Waals surface area contributed by atoms with Crippen molar-refractivity contribution in [2.24, 2.45) is 0 Å². The molecular weight excluding hydrogens is 204 g/mol. The van der Waals surface area contributed by atoms with Crippen LogP contribution in [0.15, 0.2) is 30.3 Å². The molecule has 0 saturated carbocycles. The standard InChI is InChI=1S/C12H16N2O2/c1-10(15)13-8-12(16)14(2)9-11-6-4-3-5-7-11/h3-7H,8-9H2,1-2H3,(H,13,15). The molecule has 0 aliphatic carbocycles. The molecule has 0 fully saturated rings. The zero-order chi connectivity index (χ0) is 12.0. The van der Waals surface area contributed by atoms with Gasteiger partial charge in [-0.1, -0.05) is 30.3 Å². The molecule has 0 aliphatic heterocycles. The Bertz CT molecular complexity index is 363. The zero-order valence-corrected chi connectivity index (χ0v) is 9.56. The van der Waals surface area contributed by atoms with Gasteiger partial charge in [0.15, 0.2) is 0 Å². The van der Waals surface area contributed by atoms with Crippen molar-refractivity contribution >= 4 is 11.8 Å². The second kappa shape index (κ2) is 5.90. The first-order valence-electron chi connectivity index (χ1n) is 5.12. The Kier molecular flexibility index (Phi) is 4.51. The molecule has 0 aliphatic rings. The van der Waals surface area contributed by atoms with Gasteiger partial charge >= 0.3 is 0 Å². The topological polar surface area (TPSA) is 49.4 Å². The number of hydrogen-bond acceptors (Lipinski definition) is 2. The van der Waals surface area contributed by atoms with Crippen LogP contribution in [0.1, 0.15) is 12.5 Å². The molecule has 0 spiro atoms. The Morgan fingerprint density at radius 1 is 1.25 bits per heavy atom. The number of rotatable bonds is 4. The van der Waals surface area contributed by atoms with Crippen LogP contribution in [0.3, 0.4) is 0 Å². The van der Waals surface area contributed by atoms with Gasteiger partial charge in [-0.25, -0.2) is 0 Å². The van der Waals surface area contributed by atoms with E-state index in [4.69, 9.17) is 0 Å². The minimum Gasteiger partial charge on any atom is -0.347 e. The van der Waals surface area contributed by atoms with Crippen molar-refractivity contribution in [2.75, 3.05) is 13.6 Å². The van der Waals surface area contributed by atoms with Crippen LogP contribution in [-0.2, 0) is 16.1 Å². The smallest absolute Gasteiger partial charge is 0.242 e. The summed E-state index contributed by atoms with van der Waals surface area (Å²) in [5.74, 6) is -0.291. The highest BCUT2D eigenvalue weighted by Gasteiger charge is 2.08. The molecule has 4 nitrogen and oxygen atoms in total. The molecule has 4 heteroatoms. The van der Waals surface area contributed by atoms with Crippen LogP contribution in [0.2, 0.25) is 0 Å². The average molecular weight is 220 g/mol. The highest BCUT2D eigenvalue weighted by atomic mass is 16.2. The van der Waals surface area contributed by atoms with Gasteiger partial charge in [0, 0.05) is 20.5 Å². The van der Waals surface area contributed by atoms with Gasteiger partial charge in [-0.3, -0.25) is 9.59 Å². The Balaban J connectivity index is 2.43. The third-order valence-electron chi connectivity index (χ3n) is 2.18. The highest BCUT2D eigenvalue weighted by Crippen LogP contribution is 2.02. The number of likely N-dealkylation sites (N-methyl/N-ethyl adjacent to an activating group) is 1. The maximum absolute atomic E-state index is 11.6. The van der Waals surface area contributed by atoms with E-state index in [2.05, 4.69) is 5.32 Å². The summed E-state index contributed by atoms with van der Waals surface area (Å²) in [6.45, 7) is 2.00. The van der Waals surface area contributed by atoms with Crippen LogP contribution >= 0.6 is 0 Å². The monoisotopic (exact) mass is 220 g/mol. The van der Waals surface area contributed by atoms with E-state index in [1.54, 1.807) is 11.9 Å². The fourth-order valence-electron chi connectivity index (χ4n) is 1.28. The third kappa shape index (κ3) is 4.13. The van der Waals surface area contributed by atoms with E-state index in [1.807, 2.05) is 30.3 Å². The van der Waals surface area contributed by atoms with Crippen molar-refractivity contribution in [1.29, 1.82) is 0 Å². The minimum absolute atomic E-state index is 0.0542. The summed E-state index contributed by atoms with van der Waals surface area (Å²) in [6.07, 6.45) is 0. The molecule has 0 radical (unpaired) electrons. The molecule has 86 valence electrons. The first kappa shape index (κ1) is 12.2. The van der Waals surface area contributed by atoms with E-state index >= 15 is 0 Å². The molecule has 2 amide bonds. The summed E-state index contributed by atoms with van der Waals surface area (Å²) in [5.41, 5.74) is 1.07. The molecular formula is C12H16N2O2. The quantitative estimate of drug-likeness (QED) is 0.815. The van der Waals surface area contributed by atoms with Gasteiger partial charge < -0.3 is 10.2 Å². The van der Waals surface area contributed by atoms with Gasteiger partial charge in [-0.2, -0.15) is 0 Å². The maximum Gasteiger partial charge on any atom is 0.242 e. The van der Waals surface area contributed by atoms with Crippen molar-refractivity contribution in [3.8, 4) is 0 Å². The SMILES string of the molecule is CC(=O)NCC(=O)N(C)Cc1ccccc1. The molecule has 0 saturated heterocycles. The molecule has 0 atom stereocenters. The van der Waals surface area contributed by atoms with Crippen molar-refractivity contribution < 1.29 is 9.59 Å². The maximum atomic E-state index is 11.6. The lowest BCUT2D eigenvalue weighted by Gasteiger charge is -2.17. The van der Waals surface area contributed by atoms with Crippen molar-refractivity contribution in [2.45, 2.75) is 13.5 Å². The van der Waals surface area contributed by atoms with Crippen LogP contribution < -0.4 is 5.32 Å². The lowest BCUT2D eigenvalue weighted by atomic mass is 10.2. The summed E-state index contributed by atoms with van der Waals surface area (Å²) in [7, 11) is 1.72. The number of amides is 2. The van der Waals surface area contributed by atoms with Crippen molar-refractivity contribution in [3.63, 3.8) is 0 Å². The van der Waals surface area contributed by atoms with Gasteiger partial charge in [-0.05, 0) is 5.56 Å². The number of nitrogens with one attached hydrogen (secondary N) is 1. The second-order valence-corrected chi connectivity index (χ2v) is 3.65. The molecule has 1 aromatic rings. The zero-order valence-electron chi connectivity index (χ0n) is 9.56. The van der Waals surface area contributed by atoms with Crippen LogP contribution in [-0.4, -0.2) is 30.3 Å². The Hall–Kier alpha value is -1.84. The molecule has 0 heterocycles. The van der Waals surface area contributed by atoms with Gasteiger partial charge in [0.25, 0.3) is 0 Å². The molecule has 0 unspecified atom stereocenters. The number of carbonyl (C=O) groups is 2. The number of hydrogen-bond donors (Lipinski definition) is 1. The van der Waals surface area contributed by atoms with E-state index in [0.29, 0.717) is 6.54 Å². The summed E-state index contributed by atoms with van der Waals surface area (Å²) >= 11 is 0. The largest absolute Gasteiger partial charge is 0.347 e. The van der Waals surface area contributed by atoms with E-state index in [0.717, 1.165) is 5.56 Å². The Morgan fingerprint density at radius 3 is 2.44 bits per heavy atom. The predicted octanol–water partition coefficient (Wildman–Crippen LogP) is 0.781. The van der Waals surface area contributed by atoms with Crippen LogP contribution in [0.25, 0.3) is 0 Å². The number of carbonyl (C=O) groups excluding carboxylic acids is 2.